The molecule has 0 aromatic heterocycles. The third kappa shape index (κ3) is 81.9. The molecule has 0 fully saturated rings. The Morgan fingerprint density at radius 3 is 0.636 bits per heavy atom. The third-order valence-corrected chi connectivity index (χ3v) is 22.5. The summed E-state index contributed by atoms with van der Waals surface area (Å²) in [5.41, 5.74) is 0. The second kappa shape index (κ2) is 78.0. The first-order valence-corrected chi connectivity index (χ1v) is 48.3. The van der Waals surface area contributed by atoms with Gasteiger partial charge in [-0.1, -0.05) is 414 Å². The van der Waals surface area contributed by atoms with Crippen LogP contribution in [0.5, 0.6) is 0 Å². The minimum absolute atomic E-state index is 0.106. The van der Waals surface area contributed by atoms with Gasteiger partial charge in [-0.25, -0.2) is 9.13 Å². The monoisotopic (exact) mass is 1560 g/mol. The van der Waals surface area contributed by atoms with Crippen LogP contribution in [0.2, 0.25) is 0 Å². The Morgan fingerprint density at radius 1 is 0.252 bits per heavy atom. The van der Waals surface area contributed by atoms with Crippen LogP contribution in [-0.4, -0.2) is 96.7 Å². The molecule has 636 valence electrons. The number of unbranched alkanes of at least 4 members (excludes halogenated alkanes) is 54. The molecule has 5 atom stereocenters. The number of carbonyl (C=O) groups excluding carboxylic acids is 4. The number of rotatable bonds is 86. The number of phosphoric ester groups is 2. The lowest BCUT2D eigenvalue weighted by atomic mass is 10.0. The Bertz CT molecular complexity index is 2060. The van der Waals surface area contributed by atoms with E-state index < -0.39 is 97.5 Å². The van der Waals surface area contributed by atoms with Gasteiger partial charge in [0.05, 0.1) is 26.4 Å². The molecule has 0 spiro atoms. The van der Waals surface area contributed by atoms with Crippen LogP contribution in [0.3, 0.4) is 0 Å². The van der Waals surface area contributed by atoms with Crippen molar-refractivity contribution in [3.63, 3.8) is 0 Å². The lowest BCUT2D eigenvalue weighted by Crippen LogP contribution is -2.30. The molecule has 0 aromatic carbocycles. The van der Waals surface area contributed by atoms with Crippen LogP contribution >= 0.6 is 15.6 Å². The van der Waals surface area contributed by atoms with E-state index in [1.807, 2.05) is 0 Å². The van der Waals surface area contributed by atoms with Crippen LogP contribution in [0.4, 0.5) is 0 Å². The molecule has 0 radical (unpaired) electrons. The molecule has 0 heterocycles. The Labute approximate surface area is 658 Å². The minimum atomic E-state index is -4.97. The summed E-state index contributed by atoms with van der Waals surface area (Å²) < 4.78 is 69.0. The largest absolute Gasteiger partial charge is 0.472 e. The molecule has 0 aliphatic carbocycles. The van der Waals surface area contributed by atoms with Gasteiger partial charge in [-0.15, -0.1) is 0 Å². The zero-order valence-electron chi connectivity index (χ0n) is 70.6. The molecule has 19 heteroatoms. The maximum Gasteiger partial charge on any atom is 0.472 e. The summed E-state index contributed by atoms with van der Waals surface area (Å²) in [5.74, 6) is 0.226. The highest BCUT2D eigenvalue weighted by molar-refractivity contribution is 7.47. The van der Waals surface area contributed by atoms with Crippen LogP contribution < -0.4 is 0 Å². The highest BCUT2D eigenvalue weighted by Gasteiger charge is 2.31. The summed E-state index contributed by atoms with van der Waals surface area (Å²) >= 11 is 0. The van der Waals surface area contributed by atoms with Gasteiger partial charge >= 0.3 is 39.5 Å². The van der Waals surface area contributed by atoms with E-state index in [-0.39, 0.29) is 25.7 Å². The Balaban J connectivity index is 5.24. The van der Waals surface area contributed by atoms with Crippen LogP contribution in [0.25, 0.3) is 0 Å². The number of esters is 4. The first-order chi connectivity index (χ1) is 51.7. The standard InChI is InChI=1S/C88H172O17P2/c1-8-9-10-11-12-13-14-15-16-17-18-19-23-26-29-34-41-48-55-62-69-85(90)98-75-83(104-87(92)71-64-57-50-42-35-30-27-24-21-20-22-25-28-32-38-45-52-59-66-79(2)3)77-102-106(94,95)100-73-82(89)74-101-107(96,97)103-78-84(76-99-86(91)70-63-56-49-44-37-40-47-54-61-68-81(6)7)105-88(93)72-65-58-51-43-36-31-33-39-46-53-60-67-80(4)5/h79-84,89H,8-78H2,1-7H3,(H,94,95)(H,96,97)/t82-,83-,84-/m1/s1. The van der Waals surface area contributed by atoms with E-state index in [0.29, 0.717) is 25.7 Å². The number of aliphatic hydroxyl groups excluding tert-OH is 1. The molecule has 0 saturated carbocycles. The van der Waals surface area contributed by atoms with Gasteiger partial charge in [0.25, 0.3) is 0 Å². The van der Waals surface area contributed by atoms with Crippen molar-refractivity contribution in [3.8, 4) is 0 Å². The van der Waals surface area contributed by atoms with Crippen molar-refractivity contribution >= 4 is 39.5 Å². The van der Waals surface area contributed by atoms with Gasteiger partial charge < -0.3 is 33.8 Å². The fraction of sp³-hybridized carbons (Fsp3) is 0.955. The lowest BCUT2D eigenvalue weighted by Gasteiger charge is -2.21. The van der Waals surface area contributed by atoms with Gasteiger partial charge in [-0.05, 0) is 43.4 Å². The van der Waals surface area contributed by atoms with Crippen LogP contribution in [0, 0.1) is 17.8 Å². The molecule has 0 bridgehead atoms. The van der Waals surface area contributed by atoms with Crippen molar-refractivity contribution in [3.05, 3.63) is 0 Å². The zero-order valence-corrected chi connectivity index (χ0v) is 72.4. The van der Waals surface area contributed by atoms with Crippen molar-refractivity contribution < 1.29 is 80.2 Å². The second-order valence-electron chi connectivity index (χ2n) is 33.1. The van der Waals surface area contributed by atoms with Crippen molar-refractivity contribution in [2.24, 2.45) is 17.8 Å². The molecule has 0 aliphatic rings. The first kappa shape index (κ1) is 105. The van der Waals surface area contributed by atoms with Gasteiger partial charge in [0.1, 0.15) is 19.3 Å². The highest BCUT2D eigenvalue weighted by atomic mass is 31.2. The van der Waals surface area contributed by atoms with E-state index in [0.717, 1.165) is 108 Å². The molecule has 17 nitrogen and oxygen atoms in total. The molecule has 0 saturated heterocycles. The number of hydrogen-bond acceptors (Lipinski definition) is 15. The van der Waals surface area contributed by atoms with Crippen molar-refractivity contribution in [2.75, 3.05) is 39.6 Å². The smallest absolute Gasteiger partial charge is 0.462 e. The van der Waals surface area contributed by atoms with E-state index in [4.69, 9.17) is 37.0 Å². The maximum atomic E-state index is 13.2. The van der Waals surface area contributed by atoms with Crippen LogP contribution in [-0.2, 0) is 65.4 Å². The van der Waals surface area contributed by atoms with Gasteiger partial charge in [0, 0.05) is 25.7 Å². The Kier molecular flexibility index (Phi) is 76.6. The first-order valence-electron chi connectivity index (χ1n) is 45.3. The highest BCUT2D eigenvalue weighted by Crippen LogP contribution is 2.45. The SMILES string of the molecule is CCCCCCCCCCCCCCCCCCCCCCC(=O)OC[C@H](COP(=O)(O)OC[C@@H](O)COP(=O)(O)OC[C@@H](COC(=O)CCCCCCCCCCCC(C)C)OC(=O)CCCCCCCCCCCCCC(C)C)OC(=O)CCCCCCCCCCCCCCCCCCCCC(C)C. The molecule has 2 unspecified atom stereocenters. The van der Waals surface area contributed by atoms with Crippen LogP contribution in [0.15, 0.2) is 0 Å². The zero-order chi connectivity index (χ0) is 78.6. The molecule has 107 heavy (non-hydrogen) atoms. The fourth-order valence-electron chi connectivity index (χ4n) is 13.7. The predicted octanol–water partition coefficient (Wildman–Crippen LogP) is 26.9. The quantitative estimate of drug-likeness (QED) is 0.0222. The summed E-state index contributed by atoms with van der Waals surface area (Å²) in [6, 6.07) is 0. The van der Waals surface area contributed by atoms with Gasteiger partial charge in [0.15, 0.2) is 12.2 Å². The number of ether oxygens (including phenoxy) is 4. The predicted molar refractivity (Wildman–Crippen MR) is 441 cm³/mol. The summed E-state index contributed by atoms with van der Waals surface area (Å²) in [6.07, 6.45) is 69.5. The Hall–Kier alpha value is -1.94. The van der Waals surface area contributed by atoms with E-state index in [2.05, 4.69) is 48.5 Å². The summed E-state index contributed by atoms with van der Waals surface area (Å²) in [6.45, 7) is 12.0. The molecule has 3 N–H and O–H groups in total. The topological polar surface area (TPSA) is 237 Å². The summed E-state index contributed by atoms with van der Waals surface area (Å²) in [5, 5.41) is 10.7. The average molecular weight is 1560 g/mol. The molecular formula is C88H172O17P2. The number of phosphoric acid groups is 2. The number of aliphatic hydroxyl groups is 1. The minimum Gasteiger partial charge on any atom is -0.462 e. The van der Waals surface area contributed by atoms with Gasteiger partial charge in [-0.3, -0.25) is 37.3 Å². The summed E-state index contributed by atoms with van der Waals surface area (Å²) in [4.78, 5) is 73.3. The van der Waals surface area contributed by atoms with Crippen molar-refractivity contribution in [2.45, 2.75) is 484 Å². The van der Waals surface area contributed by atoms with Gasteiger partial charge in [0.2, 0.25) is 0 Å². The molecule has 0 aromatic rings. The van der Waals surface area contributed by atoms with E-state index in [1.165, 1.54) is 276 Å². The van der Waals surface area contributed by atoms with Crippen LogP contribution in [0.1, 0.15) is 466 Å². The third-order valence-electron chi connectivity index (χ3n) is 20.6. The molecule has 0 amide bonds. The Morgan fingerprint density at radius 2 is 0.430 bits per heavy atom. The van der Waals surface area contributed by atoms with Crippen molar-refractivity contribution in [1.82, 2.24) is 0 Å². The second-order valence-corrected chi connectivity index (χ2v) is 36.0. The van der Waals surface area contributed by atoms with Crippen molar-refractivity contribution in [1.29, 1.82) is 0 Å². The number of carbonyl (C=O) groups is 4. The van der Waals surface area contributed by atoms with E-state index in [1.54, 1.807) is 0 Å². The average Bonchev–Trinajstić information content (AvgIpc) is 0.913. The van der Waals surface area contributed by atoms with E-state index >= 15 is 0 Å². The van der Waals surface area contributed by atoms with Gasteiger partial charge in [-0.2, -0.15) is 0 Å². The maximum absolute atomic E-state index is 13.2. The summed E-state index contributed by atoms with van der Waals surface area (Å²) in [7, 11) is -9.93. The molecular weight excluding hydrogens is 1390 g/mol. The molecule has 0 rings (SSSR count). The normalized spacial score (nSPS) is 13.8. The lowest BCUT2D eigenvalue weighted by molar-refractivity contribution is -0.161. The molecule has 0 aliphatic heterocycles. The van der Waals surface area contributed by atoms with E-state index in [9.17, 15) is 43.2 Å². The number of hydrogen-bond donors (Lipinski definition) is 3. The fourth-order valence-corrected chi connectivity index (χ4v) is 15.3.